The molecule has 0 bridgehead atoms. The van der Waals surface area contributed by atoms with Crippen molar-refractivity contribution in [2.45, 2.75) is 57.2 Å². The maximum atomic E-state index is 13.4. The van der Waals surface area contributed by atoms with Crippen LogP contribution in [0, 0.1) is 11.8 Å². The molecule has 5 atom stereocenters. The van der Waals surface area contributed by atoms with Crippen LogP contribution in [0.15, 0.2) is 0 Å². The van der Waals surface area contributed by atoms with Gasteiger partial charge >= 0.3 is 0 Å². The number of rotatable bonds is 6. The Morgan fingerprint density at radius 3 is 2.50 bits per heavy atom. The highest BCUT2D eigenvalue weighted by Crippen LogP contribution is 2.35. The molecule has 7 heteroatoms. The molecular formula is C15H26FNO4Si. The molecule has 0 aromatic rings. The molecule has 22 heavy (non-hydrogen) atoms. The van der Waals surface area contributed by atoms with Crippen LogP contribution < -0.4 is 5.32 Å². The van der Waals surface area contributed by atoms with Crippen molar-refractivity contribution in [1.82, 2.24) is 5.32 Å². The van der Waals surface area contributed by atoms with Crippen molar-refractivity contribution in [3.8, 4) is 0 Å². The summed E-state index contributed by atoms with van der Waals surface area (Å²) in [5.74, 6) is -1.05. The molecule has 0 radical (unpaired) electrons. The van der Waals surface area contributed by atoms with E-state index in [2.05, 4.69) is 5.32 Å². The number of ketones is 1. The van der Waals surface area contributed by atoms with Crippen molar-refractivity contribution in [2.24, 2.45) is 11.8 Å². The minimum atomic E-state index is -1.96. The summed E-state index contributed by atoms with van der Waals surface area (Å²) in [6.45, 7) is 5.20. The first-order valence-corrected chi connectivity index (χ1v) is 11.3. The second-order valence-corrected chi connectivity index (χ2v) is 11.6. The van der Waals surface area contributed by atoms with Crippen molar-refractivity contribution in [1.29, 1.82) is 0 Å². The Morgan fingerprint density at radius 2 is 2.00 bits per heavy atom. The molecule has 1 N–H and O–H groups in total. The molecule has 2 fully saturated rings. The number of carbonyl (C=O) groups is 2. The zero-order chi connectivity index (χ0) is 16.5. The van der Waals surface area contributed by atoms with Gasteiger partial charge in [0.15, 0.2) is 14.1 Å². The van der Waals surface area contributed by atoms with Gasteiger partial charge in [-0.2, -0.15) is 0 Å². The van der Waals surface area contributed by atoms with E-state index in [-0.39, 0.29) is 23.7 Å². The van der Waals surface area contributed by atoms with Crippen LogP contribution in [-0.4, -0.2) is 52.0 Å². The first-order chi connectivity index (χ1) is 10.3. The molecule has 0 aromatic carbocycles. The molecule has 1 saturated heterocycles. The predicted molar refractivity (Wildman–Crippen MR) is 82.8 cm³/mol. The van der Waals surface area contributed by atoms with Crippen molar-refractivity contribution >= 4 is 20.0 Å². The molecule has 1 saturated carbocycles. The van der Waals surface area contributed by atoms with E-state index in [1.54, 1.807) is 0 Å². The molecule has 2 aliphatic rings. The Bertz CT molecular complexity index is 440. The van der Waals surface area contributed by atoms with Crippen LogP contribution in [0.1, 0.15) is 19.3 Å². The van der Waals surface area contributed by atoms with Crippen LogP contribution in [0.25, 0.3) is 0 Å². The Morgan fingerprint density at radius 1 is 1.32 bits per heavy atom. The number of nitrogens with one attached hydrogen (secondary N) is 1. The number of hydrogen-bond donors (Lipinski definition) is 1. The largest absolute Gasteiger partial charge is 0.411 e. The first-order valence-electron chi connectivity index (χ1n) is 7.89. The number of carbonyl (C=O) groups excluding carboxylic acids is 2. The van der Waals surface area contributed by atoms with E-state index in [1.165, 1.54) is 7.11 Å². The van der Waals surface area contributed by atoms with Gasteiger partial charge in [-0.05, 0) is 38.9 Å². The van der Waals surface area contributed by atoms with Gasteiger partial charge < -0.3 is 14.5 Å². The minimum absolute atomic E-state index is 0.0226. The predicted octanol–water partition coefficient (Wildman–Crippen LogP) is 1.67. The van der Waals surface area contributed by atoms with Gasteiger partial charge in [0.05, 0.1) is 18.1 Å². The zero-order valence-electron chi connectivity index (χ0n) is 13.7. The van der Waals surface area contributed by atoms with Crippen LogP contribution in [-0.2, 0) is 18.8 Å². The summed E-state index contributed by atoms with van der Waals surface area (Å²) in [6, 6.07) is -0.324. The van der Waals surface area contributed by atoms with Crippen molar-refractivity contribution < 1.29 is 23.1 Å². The van der Waals surface area contributed by atoms with Crippen molar-refractivity contribution in [3.63, 3.8) is 0 Å². The van der Waals surface area contributed by atoms with Crippen LogP contribution in [0.2, 0.25) is 19.6 Å². The third-order valence-corrected chi connectivity index (χ3v) is 5.45. The lowest BCUT2D eigenvalue weighted by molar-refractivity contribution is -0.150. The fraction of sp³-hybridized carbons (Fsp3) is 0.867. The molecule has 2 rings (SSSR count). The maximum absolute atomic E-state index is 13.4. The number of β-lactam (4-membered cyclic amide) rings is 1. The third kappa shape index (κ3) is 3.57. The molecular weight excluding hydrogens is 305 g/mol. The van der Waals surface area contributed by atoms with Gasteiger partial charge in [0.1, 0.15) is 12.8 Å². The topological polar surface area (TPSA) is 64.6 Å². The third-order valence-electron chi connectivity index (χ3n) is 4.44. The lowest BCUT2D eigenvalue weighted by Crippen LogP contribution is -2.68. The monoisotopic (exact) mass is 331 g/mol. The quantitative estimate of drug-likeness (QED) is 0.594. The normalized spacial score (nSPS) is 34.0. The molecule has 0 aromatic heterocycles. The van der Waals surface area contributed by atoms with E-state index in [4.69, 9.17) is 9.16 Å². The summed E-state index contributed by atoms with van der Waals surface area (Å²) in [5, 5.41) is 2.79. The Hall–Kier alpha value is -0.793. The summed E-state index contributed by atoms with van der Waals surface area (Å²) >= 11 is 0. The molecule has 3 unspecified atom stereocenters. The van der Waals surface area contributed by atoms with Crippen LogP contribution in [0.5, 0.6) is 0 Å². The van der Waals surface area contributed by atoms with Crippen molar-refractivity contribution in [2.75, 3.05) is 13.8 Å². The second-order valence-electron chi connectivity index (χ2n) is 7.15. The SMILES string of the molecule is COC1CCC[C@H]([C@H]2NC(=O)C2C(CF)O[Si](C)(C)C)C1=O. The summed E-state index contributed by atoms with van der Waals surface area (Å²) in [4.78, 5) is 24.4. The Balaban J connectivity index is 2.11. The van der Waals surface area contributed by atoms with Gasteiger partial charge in [0, 0.05) is 13.0 Å². The lowest BCUT2D eigenvalue weighted by atomic mass is 9.71. The first kappa shape index (κ1) is 17.6. The van der Waals surface area contributed by atoms with Gasteiger partial charge in [-0.15, -0.1) is 0 Å². The molecule has 1 aliphatic heterocycles. The molecule has 126 valence electrons. The molecule has 1 aliphatic carbocycles. The summed E-state index contributed by atoms with van der Waals surface area (Å²) in [5.41, 5.74) is 0. The van der Waals surface area contributed by atoms with E-state index in [1.807, 2.05) is 19.6 Å². The lowest BCUT2D eigenvalue weighted by Gasteiger charge is -2.46. The van der Waals surface area contributed by atoms with E-state index in [9.17, 15) is 14.0 Å². The van der Waals surface area contributed by atoms with E-state index in [0.717, 1.165) is 12.8 Å². The number of hydrogen-bond acceptors (Lipinski definition) is 4. The van der Waals surface area contributed by atoms with Crippen LogP contribution in [0.3, 0.4) is 0 Å². The number of ether oxygens (including phenoxy) is 1. The molecule has 5 nitrogen and oxygen atoms in total. The summed E-state index contributed by atoms with van der Waals surface area (Å²) in [7, 11) is -0.434. The van der Waals surface area contributed by atoms with Gasteiger partial charge in [-0.25, -0.2) is 4.39 Å². The average molecular weight is 331 g/mol. The van der Waals surface area contributed by atoms with Crippen molar-refractivity contribution in [3.05, 3.63) is 0 Å². The Labute approximate surface area is 132 Å². The van der Waals surface area contributed by atoms with Gasteiger partial charge in [-0.1, -0.05) is 0 Å². The fourth-order valence-electron chi connectivity index (χ4n) is 3.46. The second kappa shape index (κ2) is 6.76. The zero-order valence-corrected chi connectivity index (χ0v) is 14.7. The van der Waals surface area contributed by atoms with Crippen LogP contribution in [0.4, 0.5) is 4.39 Å². The average Bonchev–Trinajstić information content (AvgIpc) is 2.43. The highest BCUT2D eigenvalue weighted by atomic mass is 28.4. The van der Waals surface area contributed by atoms with Gasteiger partial charge in [0.2, 0.25) is 5.91 Å². The standard InChI is InChI=1S/C15H26FNO4Si/c1-20-10-7-5-6-9(14(10)18)13-12(15(19)17-13)11(8-16)21-22(2,3)4/h9-13H,5-8H2,1-4H3,(H,17,19)/t9-,10?,11?,12?,13-/m1/s1. The summed E-state index contributed by atoms with van der Waals surface area (Å²) in [6.07, 6.45) is 1.16. The van der Waals surface area contributed by atoms with Crippen LogP contribution >= 0.6 is 0 Å². The number of methoxy groups -OCH3 is 1. The van der Waals surface area contributed by atoms with E-state index >= 15 is 0 Å². The number of halogens is 1. The maximum Gasteiger partial charge on any atom is 0.228 e. The number of Topliss-reactive ketones (excluding diaryl/α,β-unsaturated/α-hetero) is 1. The fourth-order valence-corrected chi connectivity index (χ4v) is 4.58. The summed E-state index contributed by atoms with van der Waals surface area (Å²) < 4.78 is 24.5. The smallest absolute Gasteiger partial charge is 0.228 e. The number of amides is 1. The van der Waals surface area contributed by atoms with Gasteiger partial charge in [-0.3, -0.25) is 9.59 Å². The molecule has 1 amide bonds. The van der Waals surface area contributed by atoms with E-state index < -0.39 is 33.1 Å². The highest BCUT2D eigenvalue weighted by Gasteiger charge is 2.52. The Kier molecular flexibility index (Phi) is 5.40. The highest BCUT2D eigenvalue weighted by molar-refractivity contribution is 6.69. The molecule has 0 spiro atoms. The molecule has 1 heterocycles. The number of alkyl halides is 1. The minimum Gasteiger partial charge on any atom is -0.411 e. The van der Waals surface area contributed by atoms with E-state index in [0.29, 0.717) is 6.42 Å². The van der Waals surface area contributed by atoms with Gasteiger partial charge in [0.25, 0.3) is 0 Å².